The summed E-state index contributed by atoms with van der Waals surface area (Å²) in [5.41, 5.74) is 1.55. The van der Waals surface area contributed by atoms with Gasteiger partial charge >= 0.3 is 0 Å². The van der Waals surface area contributed by atoms with Gasteiger partial charge in [0.2, 0.25) is 11.8 Å². The van der Waals surface area contributed by atoms with E-state index in [0.717, 1.165) is 37.1 Å². The summed E-state index contributed by atoms with van der Waals surface area (Å²) in [6.45, 7) is 2.32. The highest BCUT2D eigenvalue weighted by Crippen LogP contribution is 2.28. The molecule has 0 unspecified atom stereocenters. The van der Waals surface area contributed by atoms with Gasteiger partial charge in [-0.2, -0.15) is 0 Å². The first-order valence-electron chi connectivity index (χ1n) is 9.27. The Hall–Kier alpha value is -2.93. The number of hydrogen-bond donors (Lipinski definition) is 1. The minimum atomic E-state index is 0.249. The Morgan fingerprint density at radius 3 is 2.75 bits per heavy atom. The Kier molecular flexibility index (Phi) is 5.53. The van der Waals surface area contributed by atoms with Gasteiger partial charge in [-0.25, -0.2) is 4.98 Å². The third kappa shape index (κ3) is 4.14. The second kappa shape index (κ2) is 8.39. The van der Waals surface area contributed by atoms with Gasteiger partial charge in [-0.1, -0.05) is 11.6 Å². The van der Waals surface area contributed by atoms with Crippen molar-refractivity contribution in [1.29, 1.82) is 0 Å². The van der Waals surface area contributed by atoms with Gasteiger partial charge in [-0.15, -0.1) is 10.2 Å². The van der Waals surface area contributed by atoms with Crippen LogP contribution in [0.3, 0.4) is 0 Å². The largest absolute Gasteiger partial charge is 0.416 e. The first kappa shape index (κ1) is 18.4. The van der Waals surface area contributed by atoms with Crippen molar-refractivity contribution in [3.8, 4) is 22.9 Å². The number of carbonyl (C=O) groups is 1. The van der Waals surface area contributed by atoms with E-state index >= 15 is 0 Å². The molecule has 8 heteroatoms. The SMILES string of the molecule is O=C1CCCN1CCCNc1ncccc1-c1nnc(-c2ccc(Cl)cc2)o1. The van der Waals surface area contributed by atoms with Crippen LogP contribution in [0.4, 0.5) is 5.82 Å². The van der Waals surface area contributed by atoms with Gasteiger partial charge in [-0.3, -0.25) is 4.79 Å². The number of pyridine rings is 1. The fraction of sp³-hybridized carbons (Fsp3) is 0.300. The molecule has 4 rings (SSSR count). The molecule has 1 N–H and O–H groups in total. The van der Waals surface area contributed by atoms with Crippen LogP contribution in [-0.4, -0.2) is 45.6 Å². The number of nitrogens with one attached hydrogen (secondary N) is 1. The van der Waals surface area contributed by atoms with Crippen LogP contribution in [-0.2, 0) is 4.79 Å². The molecule has 28 heavy (non-hydrogen) atoms. The average Bonchev–Trinajstić information content (AvgIpc) is 3.36. The fourth-order valence-corrected chi connectivity index (χ4v) is 3.30. The molecule has 0 aliphatic carbocycles. The highest BCUT2D eigenvalue weighted by molar-refractivity contribution is 6.30. The molecule has 3 aromatic rings. The zero-order valence-electron chi connectivity index (χ0n) is 15.3. The van der Waals surface area contributed by atoms with Gasteiger partial charge in [0.1, 0.15) is 5.82 Å². The van der Waals surface area contributed by atoms with Gasteiger partial charge in [0, 0.05) is 42.8 Å². The topological polar surface area (TPSA) is 84.2 Å². The number of carbonyl (C=O) groups excluding carboxylic acids is 1. The van der Waals surface area contributed by atoms with Crippen LogP contribution in [0.15, 0.2) is 47.0 Å². The van der Waals surface area contributed by atoms with E-state index in [1.54, 1.807) is 18.3 Å². The van der Waals surface area contributed by atoms with Crippen LogP contribution in [0.2, 0.25) is 5.02 Å². The maximum Gasteiger partial charge on any atom is 0.251 e. The Morgan fingerprint density at radius 2 is 1.96 bits per heavy atom. The quantitative estimate of drug-likeness (QED) is 0.609. The standard InChI is InChI=1S/C20H20ClN5O2/c21-15-8-6-14(7-9-15)19-24-25-20(28-19)16-4-1-10-22-18(16)23-11-3-13-26-12-2-5-17(26)27/h1,4,6-10H,2-3,5,11-13H2,(H,22,23). The molecule has 2 aromatic heterocycles. The van der Waals surface area contributed by atoms with E-state index in [2.05, 4.69) is 20.5 Å². The van der Waals surface area contributed by atoms with Crippen LogP contribution in [0.1, 0.15) is 19.3 Å². The average molecular weight is 398 g/mol. The van der Waals surface area contributed by atoms with Crippen molar-refractivity contribution in [1.82, 2.24) is 20.1 Å². The predicted octanol–water partition coefficient (Wildman–Crippen LogP) is 3.88. The number of amides is 1. The third-order valence-electron chi connectivity index (χ3n) is 4.62. The lowest BCUT2D eigenvalue weighted by Gasteiger charge is -2.15. The van der Waals surface area contributed by atoms with E-state index in [4.69, 9.17) is 16.0 Å². The summed E-state index contributed by atoms with van der Waals surface area (Å²) in [5, 5.41) is 12.3. The second-order valence-electron chi connectivity index (χ2n) is 6.58. The highest BCUT2D eigenvalue weighted by Gasteiger charge is 2.19. The molecule has 0 atom stereocenters. The zero-order valence-corrected chi connectivity index (χ0v) is 16.0. The smallest absolute Gasteiger partial charge is 0.251 e. The number of anilines is 1. The number of hydrogen-bond acceptors (Lipinski definition) is 6. The molecule has 1 fully saturated rings. The first-order chi connectivity index (χ1) is 13.7. The van der Waals surface area contributed by atoms with Crippen molar-refractivity contribution >= 4 is 23.3 Å². The van der Waals surface area contributed by atoms with E-state index < -0.39 is 0 Å². The number of nitrogens with zero attached hydrogens (tertiary/aromatic N) is 4. The molecule has 1 amide bonds. The zero-order chi connectivity index (χ0) is 19.3. The van der Waals surface area contributed by atoms with Gasteiger partial charge in [0.05, 0.1) is 5.56 Å². The van der Waals surface area contributed by atoms with Crippen molar-refractivity contribution in [2.24, 2.45) is 0 Å². The molecular weight excluding hydrogens is 378 g/mol. The monoisotopic (exact) mass is 397 g/mol. The minimum Gasteiger partial charge on any atom is -0.416 e. The summed E-state index contributed by atoms with van der Waals surface area (Å²) in [6, 6.07) is 10.9. The van der Waals surface area contributed by atoms with Crippen LogP contribution in [0.25, 0.3) is 22.9 Å². The minimum absolute atomic E-state index is 0.249. The summed E-state index contributed by atoms with van der Waals surface area (Å²) in [6.07, 6.45) is 4.20. The van der Waals surface area contributed by atoms with E-state index in [1.165, 1.54) is 0 Å². The van der Waals surface area contributed by atoms with Gasteiger partial charge in [0.15, 0.2) is 0 Å². The van der Waals surface area contributed by atoms with Crippen LogP contribution in [0, 0.1) is 0 Å². The molecule has 1 aliphatic heterocycles. The normalized spacial score (nSPS) is 13.9. The summed E-state index contributed by atoms with van der Waals surface area (Å²) < 4.78 is 5.84. The van der Waals surface area contributed by atoms with Crippen molar-refractivity contribution < 1.29 is 9.21 Å². The maximum absolute atomic E-state index is 11.7. The predicted molar refractivity (Wildman–Crippen MR) is 107 cm³/mol. The summed E-state index contributed by atoms with van der Waals surface area (Å²) in [4.78, 5) is 18.0. The van der Waals surface area contributed by atoms with Crippen molar-refractivity contribution in [3.63, 3.8) is 0 Å². The van der Waals surface area contributed by atoms with E-state index in [-0.39, 0.29) is 5.91 Å². The maximum atomic E-state index is 11.7. The summed E-state index contributed by atoms with van der Waals surface area (Å²) >= 11 is 5.93. The number of rotatable bonds is 7. The molecule has 0 saturated carbocycles. The van der Waals surface area contributed by atoms with Gasteiger partial charge < -0.3 is 14.6 Å². The second-order valence-corrected chi connectivity index (χ2v) is 7.02. The Labute approximate surface area is 167 Å². The van der Waals surface area contributed by atoms with Gasteiger partial charge in [0.25, 0.3) is 5.89 Å². The molecule has 0 spiro atoms. The van der Waals surface area contributed by atoms with Crippen molar-refractivity contribution in [2.75, 3.05) is 25.0 Å². The molecule has 1 saturated heterocycles. The highest BCUT2D eigenvalue weighted by atomic mass is 35.5. The van der Waals surface area contributed by atoms with E-state index in [0.29, 0.717) is 35.6 Å². The summed E-state index contributed by atoms with van der Waals surface area (Å²) in [7, 11) is 0. The molecule has 0 radical (unpaired) electrons. The molecule has 144 valence electrons. The number of likely N-dealkylation sites (tertiary alicyclic amines) is 1. The van der Waals surface area contributed by atoms with E-state index in [9.17, 15) is 4.79 Å². The fourth-order valence-electron chi connectivity index (χ4n) is 3.18. The number of halogens is 1. The first-order valence-corrected chi connectivity index (χ1v) is 9.65. The molecule has 1 aromatic carbocycles. The van der Waals surface area contributed by atoms with E-state index in [1.807, 2.05) is 29.2 Å². The molecule has 7 nitrogen and oxygen atoms in total. The molecule has 3 heterocycles. The lowest BCUT2D eigenvalue weighted by Crippen LogP contribution is -2.27. The Morgan fingerprint density at radius 1 is 1.14 bits per heavy atom. The van der Waals surface area contributed by atoms with Crippen LogP contribution >= 0.6 is 11.6 Å². The molecular formula is C20H20ClN5O2. The van der Waals surface area contributed by atoms with Crippen molar-refractivity contribution in [2.45, 2.75) is 19.3 Å². The van der Waals surface area contributed by atoms with Crippen LogP contribution in [0.5, 0.6) is 0 Å². The third-order valence-corrected chi connectivity index (χ3v) is 4.87. The van der Waals surface area contributed by atoms with Crippen molar-refractivity contribution in [3.05, 3.63) is 47.6 Å². The Balaban J connectivity index is 1.43. The lowest BCUT2D eigenvalue weighted by atomic mass is 10.2. The number of aromatic nitrogens is 3. The molecule has 0 bridgehead atoms. The lowest BCUT2D eigenvalue weighted by molar-refractivity contribution is -0.127. The summed E-state index contributed by atoms with van der Waals surface area (Å²) in [5.74, 6) is 1.75. The van der Waals surface area contributed by atoms with Crippen LogP contribution < -0.4 is 5.32 Å². The number of benzene rings is 1. The Bertz CT molecular complexity index is 957. The molecule has 1 aliphatic rings. The van der Waals surface area contributed by atoms with Gasteiger partial charge in [-0.05, 0) is 49.2 Å².